The predicted molar refractivity (Wildman–Crippen MR) is 29.0 cm³/mol. The van der Waals surface area contributed by atoms with Crippen LogP contribution in [0.2, 0.25) is 0 Å². The van der Waals surface area contributed by atoms with Crippen molar-refractivity contribution in [2.75, 3.05) is 0 Å². The van der Waals surface area contributed by atoms with Crippen LogP contribution in [-0.2, 0) is 10.1 Å². The largest absolute Gasteiger partial charge is 0.335 e. The van der Waals surface area contributed by atoms with Crippen molar-refractivity contribution < 1.29 is 13.0 Å². The van der Waals surface area contributed by atoms with E-state index in [-0.39, 0.29) is 0 Å². The van der Waals surface area contributed by atoms with Gasteiger partial charge in [-0.25, -0.2) is 0 Å². The van der Waals surface area contributed by atoms with E-state index in [4.69, 9.17) is 4.55 Å². The molecule has 0 aliphatic rings. The summed E-state index contributed by atoms with van der Waals surface area (Å²) in [5, 5.41) is 1.53. The monoisotopic (exact) mass is 138 g/mol. The molecule has 7 heavy (non-hydrogen) atoms. The Morgan fingerprint density at radius 2 is 2.00 bits per heavy atom. The van der Waals surface area contributed by atoms with Crippen LogP contribution in [0.25, 0.3) is 0 Å². The molecule has 0 aromatic heterocycles. The third-order valence-electron chi connectivity index (χ3n) is 0.188. The van der Waals surface area contributed by atoms with Gasteiger partial charge in [-0.3, -0.25) is 4.55 Å². The minimum Gasteiger partial charge on any atom is -0.276 e. The normalized spacial score (nSPS) is 9.43. The third-order valence-corrected chi connectivity index (χ3v) is 0.917. The average Bonchev–Trinajstić information content (AvgIpc) is 1.30. The molecule has 1 unspecified atom stereocenters. The Kier molecular flexibility index (Phi) is 2.24. The molecule has 0 aromatic rings. The van der Waals surface area contributed by atoms with Gasteiger partial charge in [0.2, 0.25) is 0 Å². The molecular formula is C2H3O3PS. The summed E-state index contributed by atoms with van der Waals surface area (Å²) in [6, 6.07) is 0. The molecule has 1 N–H and O–H groups in total. The maximum absolute atomic E-state index is 9.60. The summed E-state index contributed by atoms with van der Waals surface area (Å²) in [5.74, 6) is 0. The Morgan fingerprint density at radius 1 is 1.57 bits per heavy atom. The summed E-state index contributed by atoms with van der Waals surface area (Å²) in [6.45, 7) is 0. The molecular weight excluding hydrogens is 135 g/mol. The van der Waals surface area contributed by atoms with Gasteiger partial charge in [-0.1, -0.05) is 14.9 Å². The molecule has 0 aromatic carbocycles. The predicted octanol–water partition coefficient (Wildman–Crippen LogP) is -0.332. The SMILES string of the molecule is O=S(=O)(O)C#CP. The van der Waals surface area contributed by atoms with Gasteiger partial charge < -0.3 is 0 Å². The molecule has 0 bridgehead atoms. The minimum atomic E-state index is -4.06. The van der Waals surface area contributed by atoms with Crippen molar-refractivity contribution in [1.29, 1.82) is 0 Å². The van der Waals surface area contributed by atoms with Gasteiger partial charge in [-0.15, -0.1) is 0 Å². The van der Waals surface area contributed by atoms with Crippen LogP contribution < -0.4 is 0 Å². The maximum Gasteiger partial charge on any atom is 0.335 e. The van der Waals surface area contributed by atoms with Crippen LogP contribution in [0.3, 0.4) is 0 Å². The maximum atomic E-state index is 9.60. The van der Waals surface area contributed by atoms with Crippen molar-refractivity contribution in [2.45, 2.75) is 0 Å². The second-order valence-corrected chi connectivity index (χ2v) is 2.16. The molecule has 0 radical (unpaired) electrons. The van der Waals surface area contributed by atoms with Crippen molar-refractivity contribution in [3.63, 3.8) is 0 Å². The Morgan fingerprint density at radius 3 is 2.00 bits per heavy atom. The smallest absolute Gasteiger partial charge is 0.276 e. The minimum absolute atomic E-state index is 1.53. The number of rotatable bonds is 0. The highest BCUT2D eigenvalue weighted by molar-refractivity contribution is 7.90. The Labute approximate surface area is 44.1 Å². The van der Waals surface area contributed by atoms with Crippen LogP contribution in [0.15, 0.2) is 0 Å². The van der Waals surface area contributed by atoms with Crippen molar-refractivity contribution in [1.82, 2.24) is 0 Å². The molecule has 0 amide bonds. The lowest BCUT2D eigenvalue weighted by Crippen LogP contribution is -1.88. The lowest BCUT2D eigenvalue weighted by Gasteiger charge is -1.71. The quantitative estimate of drug-likeness (QED) is 0.283. The first-order chi connectivity index (χ1) is 3.06. The molecule has 0 aliphatic heterocycles. The zero-order valence-corrected chi connectivity index (χ0v) is 5.22. The lowest BCUT2D eigenvalue weighted by atomic mass is 11.4. The van der Waals surface area contributed by atoms with Crippen LogP contribution >= 0.6 is 9.24 Å². The van der Waals surface area contributed by atoms with Crippen LogP contribution in [0.4, 0.5) is 0 Å². The highest BCUT2D eigenvalue weighted by atomic mass is 32.2. The van der Waals surface area contributed by atoms with E-state index in [2.05, 4.69) is 0 Å². The Hall–Kier alpha value is -0.100. The van der Waals surface area contributed by atoms with E-state index in [1.54, 1.807) is 0 Å². The van der Waals surface area contributed by atoms with E-state index in [0.29, 0.717) is 0 Å². The van der Waals surface area contributed by atoms with Crippen molar-refractivity contribution in [3.05, 3.63) is 0 Å². The Balaban J connectivity index is 4.34. The van der Waals surface area contributed by atoms with Gasteiger partial charge in [-0.2, -0.15) is 8.42 Å². The lowest BCUT2D eigenvalue weighted by molar-refractivity contribution is 0.496. The topological polar surface area (TPSA) is 54.4 Å². The molecule has 0 rings (SSSR count). The summed E-state index contributed by atoms with van der Waals surface area (Å²) in [6.07, 6.45) is 0. The van der Waals surface area contributed by atoms with E-state index in [1.807, 2.05) is 14.9 Å². The van der Waals surface area contributed by atoms with E-state index in [0.717, 1.165) is 0 Å². The molecule has 1 atom stereocenters. The zero-order valence-electron chi connectivity index (χ0n) is 3.25. The zero-order chi connectivity index (χ0) is 5.91. The van der Waals surface area contributed by atoms with Gasteiger partial charge in [0.05, 0.1) is 5.25 Å². The van der Waals surface area contributed by atoms with Crippen molar-refractivity contribution in [3.8, 4) is 10.9 Å². The van der Waals surface area contributed by atoms with Gasteiger partial charge in [0.25, 0.3) is 0 Å². The molecule has 3 nitrogen and oxygen atoms in total. The molecule has 0 saturated carbocycles. The highest BCUT2D eigenvalue weighted by Gasteiger charge is 1.90. The van der Waals surface area contributed by atoms with Gasteiger partial charge >= 0.3 is 10.1 Å². The summed E-state index contributed by atoms with van der Waals surface area (Å²) in [5.41, 5.74) is 1.94. The fraction of sp³-hybridized carbons (Fsp3) is 0. The van der Waals surface area contributed by atoms with Crippen molar-refractivity contribution >= 4 is 19.4 Å². The molecule has 0 spiro atoms. The molecule has 0 fully saturated rings. The van der Waals surface area contributed by atoms with Gasteiger partial charge in [0.15, 0.2) is 0 Å². The molecule has 0 saturated heterocycles. The van der Waals surface area contributed by atoms with Gasteiger partial charge in [0, 0.05) is 0 Å². The van der Waals surface area contributed by atoms with E-state index in [1.165, 1.54) is 5.25 Å². The van der Waals surface area contributed by atoms with Crippen LogP contribution in [-0.4, -0.2) is 13.0 Å². The number of hydrogen-bond acceptors (Lipinski definition) is 2. The van der Waals surface area contributed by atoms with Crippen molar-refractivity contribution in [2.24, 2.45) is 0 Å². The summed E-state index contributed by atoms with van der Waals surface area (Å²) >= 11 is 0. The first-order valence-corrected chi connectivity index (χ1v) is 3.28. The van der Waals surface area contributed by atoms with E-state index >= 15 is 0 Å². The summed E-state index contributed by atoms with van der Waals surface area (Å²) in [7, 11) is -2.21. The molecule has 5 heteroatoms. The highest BCUT2D eigenvalue weighted by Crippen LogP contribution is 1.77. The van der Waals surface area contributed by atoms with Crippen LogP contribution in [0.5, 0.6) is 0 Å². The fourth-order valence-corrected chi connectivity index (χ4v) is 0.670. The van der Waals surface area contributed by atoms with E-state index in [9.17, 15) is 8.42 Å². The van der Waals surface area contributed by atoms with Gasteiger partial charge in [0.1, 0.15) is 0 Å². The van der Waals surface area contributed by atoms with Gasteiger partial charge in [-0.05, 0) is 0 Å². The number of hydrogen-bond donors (Lipinski definition) is 1. The summed E-state index contributed by atoms with van der Waals surface area (Å²) < 4.78 is 27.0. The molecule has 0 heterocycles. The van der Waals surface area contributed by atoms with Crippen LogP contribution in [0, 0.1) is 10.9 Å². The first kappa shape index (κ1) is 6.90. The van der Waals surface area contributed by atoms with Crippen LogP contribution in [0.1, 0.15) is 0 Å². The first-order valence-electron chi connectivity index (χ1n) is 1.26. The fourth-order valence-electron chi connectivity index (χ4n) is 0.0745. The summed E-state index contributed by atoms with van der Waals surface area (Å²) in [4.78, 5) is 0. The molecule has 0 aliphatic carbocycles. The average molecular weight is 138 g/mol. The molecule has 40 valence electrons. The standard InChI is InChI=1S/C2H3O3PS/c3-7(4,5)2-1-6/h6H2,(H,3,4,5). The third kappa shape index (κ3) is 5.90. The second kappa shape index (κ2) is 2.27. The second-order valence-electron chi connectivity index (χ2n) is 0.721. The van der Waals surface area contributed by atoms with E-state index < -0.39 is 10.1 Å². The Bertz CT molecular complexity index is 193.